The number of carbonyl (C=O) groups is 2. The van der Waals surface area contributed by atoms with Gasteiger partial charge < -0.3 is 15.1 Å². The maximum absolute atomic E-state index is 14.5. The van der Waals surface area contributed by atoms with Crippen LogP contribution in [-0.4, -0.2) is 39.3 Å². The summed E-state index contributed by atoms with van der Waals surface area (Å²) >= 11 is 2.87. The van der Waals surface area contributed by atoms with Crippen molar-refractivity contribution in [2.75, 3.05) is 6.26 Å². The van der Waals surface area contributed by atoms with Gasteiger partial charge in [0, 0.05) is 11.3 Å². The summed E-state index contributed by atoms with van der Waals surface area (Å²) in [7, 11) is 0. The maximum atomic E-state index is 14.5. The number of aliphatic hydroxyl groups is 1. The van der Waals surface area contributed by atoms with Gasteiger partial charge in [0.05, 0.1) is 21.5 Å². The van der Waals surface area contributed by atoms with Crippen molar-refractivity contribution in [3.63, 3.8) is 0 Å². The van der Waals surface area contributed by atoms with Crippen molar-refractivity contribution in [2.24, 2.45) is 0 Å². The summed E-state index contributed by atoms with van der Waals surface area (Å²) in [5, 5.41) is 18.8. The molecule has 1 amide bonds. The van der Waals surface area contributed by atoms with Gasteiger partial charge in [0.25, 0.3) is 5.91 Å². The minimum atomic E-state index is -1.11. The monoisotopic (exact) mass is 381 g/mol. The maximum Gasteiger partial charge on any atom is 0.307 e. The number of allylic oxidation sites excluding steroid dienone is 2. The van der Waals surface area contributed by atoms with Gasteiger partial charge in [-0.2, -0.15) is 0 Å². The van der Waals surface area contributed by atoms with Gasteiger partial charge in [-0.05, 0) is 43.4 Å². The SMILES string of the molecule is CSc1ccc(C(=O)N2C(C)=C(CC(=O)O)C3=C(F)C(O)=CCC32)s1. The predicted molar refractivity (Wildman–Crippen MR) is 94.5 cm³/mol. The van der Waals surface area contributed by atoms with Crippen LogP contribution >= 0.6 is 23.1 Å². The summed E-state index contributed by atoms with van der Waals surface area (Å²) in [6, 6.07) is 2.94. The number of fused-ring (bicyclic) bond motifs is 1. The average Bonchev–Trinajstić information content (AvgIpc) is 3.14. The molecule has 1 aromatic heterocycles. The Hall–Kier alpha value is -2.06. The minimum Gasteiger partial charge on any atom is -0.505 e. The molecular formula is C17H16FNO4S2. The lowest BCUT2D eigenvalue weighted by molar-refractivity contribution is -0.136. The number of thiophene rings is 1. The third-order valence-electron chi connectivity index (χ3n) is 4.30. The van der Waals surface area contributed by atoms with Gasteiger partial charge in [0.2, 0.25) is 0 Å². The standard InChI is InChI=1S/C17H16FNO4S2/c1-8-9(7-13(21)22)15-10(3-4-11(20)16(15)18)19(8)17(23)12-5-6-14(24-2)25-12/h4-6,10,20H,3,7H2,1-2H3,(H,21,22). The number of rotatable bonds is 4. The molecule has 1 aliphatic heterocycles. The van der Waals surface area contributed by atoms with Crippen LogP contribution in [0, 0.1) is 0 Å². The molecule has 0 fully saturated rings. The van der Waals surface area contributed by atoms with Crippen LogP contribution in [0.25, 0.3) is 0 Å². The van der Waals surface area contributed by atoms with Gasteiger partial charge in [0.15, 0.2) is 5.83 Å². The first-order valence-electron chi connectivity index (χ1n) is 7.53. The van der Waals surface area contributed by atoms with Crippen LogP contribution in [0.2, 0.25) is 0 Å². The third-order valence-corrected chi connectivity index (χ3v) is 6.46. The van der Waals surface area contributed by atoms with Crippen LogP contribution in [0.5, 0.6) is 0 Å². The second-order valence-corrected chi connectivity index (χ2v) is 7.89. The highest BCUT2D eigenvalue weighted by molar-refractivity contribution is 8.00. The molecule has 8 heteroatoms. The van der Waals surface area contributed by atoms with Crippen LogP contribution in [0.3, 0.4) is 0 Å². The van der Waals surface area contributed by atoms with E-state index in [9.17, 15) is 19.1 Å². The van der Waals surface area contributed by atoms with Crippen LogP contribution in [0.4, 0.5) is 4.39 Å². The van der Waals surface area contributed by atoms with Gasteiger partial charge in [-0.15, -0.1) is 23.1 Å². The lowest BCUT2D eigenvalue weighted by atomic mass is 9.92. The summed E-state index contributed by atoms with van der Waals surface area (Å²) < 4.78 is 15.5. The highest BCUT2D eigenvalue weighted by Crippen LogP contribution is 2.44. The molecule has 0 bridgehead atoms. The molecule has 1 aromatic rings. The molecule has 1 atom stereocenters. The van der Waals surface area contributed by atoms with Crippen molar-refractivity contribution < 1.29 is 24.2 Å². The molecule has 2 N–H and O–H groups in total. The molecule has 1 unspecified atom stereocenters. The first kappa shape index (κ1) is 17.8. The zero-order valence-corrected chi connectivity index (χ0v) is 15.2. The first-order chi connectivity index (χ1) is 11.8. The van der Waals surface area contributed by atoms with Gasteiger partial charge in [-0.1, -0.05) is 0 Å². The van der Waals surface area contributed by atoms with E-state index in [0.29, 0.717) is 10.6 Å². The molecule has 1 aliphatic carbocycles. The number of aliphatic hydroxyl groups excluding tert-OH is 1. The van der Waals surface area contributed by atoms with E-state index in [2.05, 4.69) is 0 Å². The van der Waals surface area contributed by atoms with Crippen molar-refractivity contribution in [3.05, 3.63) is 51.5 Å². The fraction of sp³-hybridized carbons (Fsp3) is 0.294. The van der Waals surface area contributed by atoms with E-state index < -0.39 is 30.0 Å². The number of carbonyl (C=O) groups excluding carboxylic acids is 1. The molecule has 25 heavy (non-hydrogen) atoms. The molecule has 0 saturated carbocycles. The Morgan fingerprint density at radius 1 is 1.44 bits per heavy atom. The molecule has 2 aliphatic rings. The lowest BCUT2D eigenvalue weighted by Gasteiger charge is -2.28. The summed E-state index contributed by atoms with van der Waals surface area (Å²) in [5.41, 5.74) is 0.782. The Morgan fingerprint density at radius 2 is 2.16 bits per heavy atom. The minimum absolute atomic E-state index is 0.106. The van der Waals surface area contributed by atoms with Gasteiger partial charge in [-0.3, -0.25) is 9.59 Å². The molecule has 0 spiro atoms. The summed E-state index contributed by atoms with van der Waals surface area (Å²) in [5.74, 6) is -2.75. The first-order valence-corrected chi connectivity index (χ1v) is 9.57. The summed E-state index contributed by atoms with van der Waals surface area (Å²) in [4.78, 5) is 26.1. The number of amides is 1. The number of hydrogen-bond acceptors (Lipinski definition) is 5. The summed E-state index contributed by atoms with van der Waals surface area (Å²) in [6.07, 6.45) is 3.07. The number of carboxylic acid groups (broad SMARTS) is 1. The number of thioether (sulfide) groups is 1. The van der Waals surface area contributed by atoms with Crippen molar-refractivity contribution in [2.45, 2.75) is 30.0 Å². The zero-order chi connectivity index (χ0) is 18.3. The van der Waals surface area contributed by atoms with Gasteiger partial charge in [-0.25, -0.2) is 4.39 Å². The van der Waals surface area contributed by atoms with Crippen LogP contribution in [0.15, 0.2) is 50.8 Å². The number of hydrogen-bond donors (Lipinski definition) is 2. The van der Waals surface area contributed by atoms with Crippen molar-refractivity contribution in [1.29, 1.82) is 0 Å². The Morgan fingerprint density at radius 3 is 2.76 bits per heavy atom. The number of nitrogens with zero attached hydrogens (tertiary/aromatic N) is 1. The molecule has 132 valence electrons. The second-order valence-electron chi connectivity index (χ2n) is 5.70. The Balaban J connectivity index is 2.06. The predicted octanol–water partition coefficient (Wildman–Crippen LogP) is 4.11. The molecule has 0 saturated heterocycles. The molecule has 0 aromatic carbocycles. The molecule has 3 rings (SSSR count). The topological polar surface area (TPSA) is 77.8 Å². The fourth-order valence-corrected chi connectivity index (χ4v) is 4.67. The zero-order valence-electron chi connectivity index (χ0n) is 13.6. The number of halogens is 1. The van der Waals surface area contributed by atoms with Crippen molar-refractivity contribution in [3.8, 4) is 0 Å². The highest BCUT2D eigenvalue weighted by Gasteiger charge is 2.42. The van der Waals surface area contributed by atoms with E-state index in [1.54, 1.807) is 13.0 Å². The second kappa shape index (κ2) is 6.68. The Kier molecular flexibility index (Phi) is 4.75. The normalized spacial score (nSPS) is 20.0. The van der Waals surface area contributed by atoms with Crippen LogP contribution < -0.4 is 0 Å². The number of aliphatic carboxylic acids is 1. The quantitative estimate of drug-likeness (QED) is 0.768. The average molecular weight is 381 g/mol. The van der Waals surface area contributed by atoms with Crippen LogP contribution in [-0.2, 0) is 4.79 Å². The largest absolute Gasteiger partial charge is 0.505 e. The molecular weight excluding hydrogens is 365 g/mol. The Bertz CT molecular complexity index is 853. The smallest absolute Gasteiger partial charge is 0.307 e. The summed E-state index contributed by atoms with van der Waals surface area (Å²) in [6.45, 7) is 1.62. The van der Waals surface area contributed by atoms with E-state index >= 15 is 0 Å². The molecule has 0 radical (unpaired) electrons. The van der Waals surface area contributed by atoms with Crippen molar-refractivity contribution in [1.82, 2.24) is 4.90 Å². The van der Waals surface area contributed by atoms with E-state index in [1.165, 1.54) is 34.1 Å². The van der Waals surface area contributed by atoms with Crippen LogP contribution in [0.1, 0.15) is 29.4 Å². The van der Waals surface area contributed by atoms with E-state index in [-0.39, 0.29) is 23.5 Å². The number of carboxylic acids is 1. The van der Waals surface area contributed by atoms with Gasteiger partial charge >= 0.3 is 5.97 Å². The Labute approximate surface area is 152 Å². The molecule has 2 heterocycles. The fourth-order valence-electron chi connectivity index (χ4n) is 3.19. The molecule has 5 nitrogen and oxygen atoms in total. The van der Waals surface area contributed by atoms with Gasteiger partial charge in [0.1, 0.15) is 5.76 Å². The van der Waals surface area contributed by atoms with Crippen molar-refractivity contribution >= 4 is 35.0 Å². The third kappa shape index (κ3) is 3.00. The lowest BCUT2D eigenvalue weighted by Crippen LogP contribution is -2.36. The highest BCUT2D eigenvalue weighted by atomic mass is 32.2. The van der Waals surface area contributed by atoms with E-state index in [1.807, 2.05) is 12.3 Å². The van der Waals surface area contributed by atoms with E-state index in [4.69, 9.17) is 5.11 Å². The van der Waals surface area contributed by atoms with E-state index in [0.717, 1.165) is 4.21 Å².